The van der Waals surface area contributed by atoms with E-state index in [2.05, 4.69) is 30.1 Å². The molecule has 1 atom stereocenters. The highest BCUT2D eigenvalue weighted by molar-refractivity contribution is 5.92. The molecule has 0 spiro atoms. The van der Waals surface area contributed by atoms with Crippen molar-refractivity contribution in [2.75, 3.05) is 18.4 Å². The smallest absolute Gasteiger partial charge is 0.238 e. The summed E-state index contributed by atoms with van der Waals surface area (Å²) in [6.45, 7) is 5.20. The zero-order valence-electron chi connectivity index (χ0n) is 14.0. The monoisotopic (exact) mass is 322 g/mol. The number of hydrogen-bond donors (Lipinski definition) is 1. The van der Waals surface area contributed by atoms with E-state index in [9.17, 15) is 4.79 Å². The minimum Gasteiger partial charge on any atom is -0.459 e. The molecule has 0 aliphatic heterocycles. The summed E-state index contributed by atoms with van der Waals surface area (Å²) in [5.41, 5.74) is 1.69. The molecule has 4 nitrogen and oxygen atoms in total. The van der Waals surface area contributed by atoms with Gasteiger partial charge in [-0.05, 0) is 37.7 Å². The van der Waals surface area contributed by atoms with Crippen molar-refractivity contribution in [3.05, 3.63) is 66.4 Å². The van der Waals surface area contributed by atoms with Crippen molar-refractivity contribution in [3.63, 3.8) is 0 Å². The molecule has 1 unspecified atom stereocenters. The van der Waals surface area contributed by atoms with Crippen LogP contribution in [-0.2, 0) is 4.79 Å². The minimum absolute atomic E-state index is 0.0222. The van der Waals surface area contributed by atoms with Crippen LogP contribution in [0.3, 0.4) is 0 Å². The first-order valence-corrected chi connectivity index (χ1v) is 8.25. The van der Waals surface area contributed by atoms with Crippen molar-refractivity contribution in [1.82, 2.24) is 4.90 Å². The Labute approximate surface area is 142 Å². The van der Waals surface area contributed by atoms with Crippen molar-refractivity contribution >= 4 is 22.6 Å². The summed E-state index contributed by atoms with van der Waals surface area (Å²) in [6, 6.07) is 19.6. The van der Waals surface area contributed by atoms with Crippen LogP contribution in [0.2, 0.25) is 0 Å². The van der Waals surface area contributed by atoms with Gasteiger partial charge in [-0.25, -0.2) is 0 Å². The third-order valence-electron chi connectivity index (χ3n) is 4.21. The van der Waals surface area contributed by atoms with Crippen molar-refractivity contribution in [2.24, 2.45) is 0 Å². The number of benzene rings is 2. The predicted molar refractivity (Wildman–Crippen MR) is 96.9 cm³/mol. The molecule has 4 heteroatoms. The highest BCUT2D eigenvalue weighted by atomic mass is 16.3. The second kappa shape index (κ2) is 7.32. The number of nitrogens with one attached hydrogen (secondary N) is 1. The van der Waals surface area contributed by atoms with Gasteiger partial charge in [0.2, 0.25) is 5.91 Å². The van der Waals surface area contributed by atoms with Crippen LogP contribution in [0.25, 0.3) is 11.0 Å². The lowest BCUT2D eigenvalue weighted by Crippen LogP contribution is -2.35. The van der Waals surface area contributed by atoms with E-state index in [-0.39, 0.29) is 11.9 Å². The molecule has 3 rings (SSSR count). The summed E-state index contributed by atoms with van der Waals surface area (Å²) in [5, 5.41) is 4.02. The number of fused-ring (bicyclic) bond motifs is 1. The van der Waals surface area contributed by atoms with Crippen LogP contribution < -0.4 is 5.32 Å². The molecule has 0 aliphatic rings. The summed E-state index contributed by atoms with van der Waals surface area (Å²) in [7, 11) is 0. The van der Waals surface area contributed by atoms with Gasteiger partial charge in [-0.3, -0.25) is 9.69 Å². The van der Waals surface area contributed by atoms with E-state index in [0.29, 0.717) is 6.54 Å². The van der Waals surface area contributed by atoms with E-state index in [1.165, 1.54) is 0 Å². The number of carbonyl (C=O) groups excluding carboxylic acids is 1. The Morgan fingerprint density at radius 3 is 2.54 bits per heavy atom. The summed E-state index contributed by atoms with van der Waals surface area (Å²) in [6.07, 6.45) is 0. The van der Waals surface area contributed by atoms with Crippen LogP contribution in [0.1, 0.15) is 25.6 Å². The number of para-hydroxylation sites is 2. The summed E-state index contributed by atoms with van der Waals surface area (Å²) in [5.74, 6) is 0.858. The Morgan fingerprint density at radius 1 is 1.12 bits per heavy atom. The fourth-order valence-electron chi connectivity index (χ4n) is 2.82. The third-order valence-corrected chi connectivity index (χ3v) is 4.21. The normalized spacial score (nSPS) is 12.5. The largest absolute Gasteiger partial charge is 0.459 e. The molecular formula is C20H22N2O2. The Hall–Kier alpha value is -2.59. The number of likely N-dealkylation sites (N-methyl/N-ethyl adjacent to an activating group) is 1. The highest BCUT2D eigenvalue weighted by Gasteiger charge is 2.20. The van der Waals surface area contributed by atoms with E-state index < -0.39 is 0 Å². The number of hydrogen-bond acceptors (Lipinski definition) is 3. The van der Waals surface area contributed by atoms with Gasteiger partial charge in [0, 0.05) is 11.1 Å². The minimum atomic E-state index is -0.0222. The van der Waals surface area contributed by atoms with Crippen LogP contribution in [0.4, 0.5) is 5.69 Å². The lowest BCUT2D eigenvalue weighted by molar-refractivity contribution is -0.117. The van der Waals surface area contributed by atoms with Crippen LogP contribution in [0, 0.1) is 0 Å². The van der Waals surface area contributed by atoms with E-state index in [4.69, 9.17) is 4.42 Å². The average molecular weight is 322 g/mol. The lowest BCUT2D eigenvalue weighted by Gasteiger charge is -2.25. The Kier molecular flexibility index (Phi) is 4.96. The molecule has 0 bridgehead atoms. The van der Waals surface area contributed by atoms with E-state index in [1.807, 2.05) is 54.6 Å². The summed E-state index contributed by atoms with van der Waals surface area (Å²) in [4.78, 5) is 14.4. The molecule has 0 radical (unpaired) electrons. The van der Waals surface area contributed by atoms with E-state index in [1.54, 1.807) is 0 Å². The molecule has 1 heterocycles. The molecule has 1 N–H and O–H groups in total. The molecular weight excluding hydrogens is 300 g/mol. The number of anilines is 1. The average Bonchev–Trinajstić information content (AvgIpc) is 3.04. The zero-order chi connectivity index (χ0) is 16.9. The maximum absolute atomic E-state index is 12.3. The van der Waals surface area contributed by atoms with Crippen molar-refractivity contribution in [2.45, 2.75) is 19.9 Å². The fraction of sp³-hybridized carbons (Fsp3) is 0.250. The maximum Gasteiger partial charge on any atom is 0.238 e. The molecule has 0 saturated heterocycles. The quantitative estimate of drug-likeness (QED) is 0.729. The first-order chi connectivity index (χ1) is 11.7. The molecule has 0 fully saturated rings. The predicted octanol–water partition coefficient (Wildman–Crippen LogP) is 4.45. The SMILES string of the molecule is CCN(CC(=O)Nc1ccccc1)C(C)c1cc2ccccc2o1. The molecule has 3 aromatic rings. The first-order valence-electron chi connectivity index (χ1n) is 8.25. The number of nitrogens with zero attached hydrogens (tertiary/aromatic N) is 1. The van der Waals surface area contributed by atoms with Crippen molar-refractivity contribution < 1.29 is 9.21 Å². The maximum atomic E-state index is 12.3. The van der Waals surface area contributed by atoms with Crippen LogP contribution in [0.15, 0.2) is 65.1 Å². The first kappa shape index (κ1) is 16.3. The highest BCUT2D eigenvalue weighted by Crippen LogP contribution is 2.27. The lowest BCUT2D eigenvalue weighted by atomic mass is 10.2. The molecule has 0 aliphatic carbocycles. The summed E-state index contributed by atoms with van der Waals surface area (Å²) >= 11 is 0. The topological polar surface area (TPSA) is 45.5 Å². The summed E-state index contributed by atoms with van der Waals surface area (Å²) < 4.78 is 5.94. The van der Waals surface area contributed by atoms with Gasteiger partial charge < -0.3 is 9.73 Å². The second-order valence-electron chi connectivity index (χ2n) is 5.84. The van der Waals surface area contributed by atoms with Gasteiger partial charge in [0.05, 0.1) is 12.6 Å². The Morgan fingerprint density at radius 2 is 1.83 bits per heavy atom. The molecule has 2 aromatic carbocycles. The molecule has 0 saturated carbocycles. The molecule has 1 aromatic heterocycles. The van der Waals surface area contributed by atoms with Crippen LogP contribution >= 0.6 is 0 Å². The molecule has 1 amide bonds. The van der Waals surface area contributed by atoms with Gasteiger partial charge >= 0.3 is 0 Å². The third kappa shape index (κ3) is 3.66. The van der Waals surface area contributed by atoms with Gasteiger partial charge in [0.25, 0.3) is 0 Å². The van der Waals surface area contributed by atoms with Gasteiger partial charge in [-0.15, -0.1) is 0 Å². The number of amides is 1. The molecule has 124 valence electrons. The molecule has 24 heavy (non-hydrogen) atoms. The Balaban J connectivity index is 1.69. The van der Waals surface area contributed by atoms with E-state index in [0.717, 1.165) is 29.0 Å². The zero-order valence-corrected chi connectivity index (χ0v) is 14.0. The van der Waals surface area contributed by atoms with Gasteiger partial charge in [-0.1, -0.05) is 43.3 Å². The Bertz CT molecular complexity index is 778. The van der Waals surface area contributed by atoms with Gasteiger partial charge in [0.15, 0.2) is 0 Å². The standard InChI is InChI=1S/C20H22N2O2/c1-3-22(14-20(23)21-17-10-5-4-6-11-17)15(2)19-13-16-9-7-8-12-18(16)24-19/h4-13,15H,3,14H2,1-2H3,(H,21,23). The fourth-order valence-corrected chi connectivity index (χ4v) is 2.82. The van der Waals surface area contributed by atoms with Gasteiger partial charge in [0.1, 0.15) is 11.3 Å². The second-order valence-corrected chi connectivity index (χ2v) is 5.84. The number of carbonyl (C=O) groups is 1. The van der Waals surface area contributed by atoms with Crippen molar-refractivity contribution in [1.29, 1.82) is 0 Å². The van der Waals surface area contributed by atoms with Crippen LogP contribution in [-0.4, -0.2) is 23.9 Å². The van der Waals surface area contributed by atoms with Crippen LogP contribution in [0.5, 0.6) is 0 Å². The van der Waals surface area contributed by atoms with Crippen molar-refractivity contribution in [3.8, 4) is 0 Å². The number of rotatable bonds is 6. The number of furan rings is 1. The van der Waals surface area contributed by atoms with E-state index >= 15 is 0 Å². The van der Waals surface area contributed by atoms with Gasteiger partial charge in [-0.2, -0.15) is 0 Å².